The van der Waals surface area contributed by atoms with E-state index in [2.05, 4.69) is 38.0 Å². The van der Waals surface area contributed by atoms with E-state index in [1.165, 1.54) is 0 Å². The molecule has 3 rings (SSSR count). The summed E-state index contributed by atoms with van der Waals surface area (Å²) in [7, 11) is 0. The summed E-state index contributed by atoms with van der Waals surface area (Å²) < 4.78 is 11.9. The predicted molar refractivity (Wildman–Crippen MR) is 95.5 cm³/mol. The van der Waals surface area contributed by atoms with Crippen LogP contribution in [0.2, 0.25) is 0 Å². The molecule has 24 heavy (non-hydrogen) atoms. The molecule has 0 bridgehead atoms. The first-order valence-electron chi connectivity index (χ1n) is 8.57. The summed E-state index contributed by atoms with van der Waals surface area (Å²) in [5.74, 6) is 0.790. The van der Waals surface area contributed by atoms with Crippen LogP contribution in [0.15, 0.2) is 30.5 Å². The van der Waals surface area contributed by atoms with Gasteiger partial charge in [-0.3, -0.25) is 0 Å². The van der Waals surface area contributed by atoms with Crippen LogP contribution in [0.4, 0.5) is 0 Å². The lowest BCUT2D eigenvalue weighted by Gasteiger charge is -2.28. The van der Waals surface area contributed by atoms with Crippen LogP contribution in [-0.2, 0) is 4.74 Å². The Labute approximate surface area is 143 Å². The zero-order valence-corrected chi connectivity index (χ0v) is 14.9. The van der Waals surface area contributed by atoms with E-state index in [0.29, 0.717) is 6.54 Å². The highest BCUT2D eigenvalue weighted by molar-refractivity contribution is 5.85. The predicted octanol–water partition coefficient (Wildman–Crippen LogP) is 2.84. The minimum Gasteiger partial charge on any atom is -0.490 e. The Hall–Kier alpha value is -1.56. The molecule has 1 saturated heterocycles. The number of benzene rings is 1. The summed E-state index contributed by atoms with van der Waals surface area (Å²) >= 11 is 0. The molecule has 0 amide bonds. The van der Waals surface area contributed by atoms with Gasteiger partial charge in [-0.05, 0) is 52.3 Å². The van der Waals surface area contributed by atoms with Crippen molar-refractivity contribution in [2.45, 2.75) is 57.5 Å². The van der Waals surface area contributed by atoms with E-state index in [4.69, 9.17) is 9.47 Å². The monoisotopic (exact) mass is 332 g/mol. The standard InChI is InChI=1S/C19H28N2O3/c1-18(2)10-17(19(3,4)24-18)21-11-13(22)12-23-16-7-5-6-15-14(16)8-9-20-15/h5-9,13,17,20-22H,10-12H2,1-4H3/t13-,17-/m0/s1. The fourth-order valence-electron chi connectivity index (χ4n) is 3.59. The van der Waals surface area contributed by atoms with E-state index in [1.54, 1.807) is 0 Å². The third-order valence-corrected chi connectivity index (χ3v) is 4.66. The topological polar surface area (TPSA) is 66.5 Å². The number of hydrogen-bond acceptors (Lipinski definition) is 4. The third kappa shape index (κ3) is 3.74. The molecule has 0 spiro atoms. The largest absolute Gasteiger partial charge is 0.490 e. The van der Waals surface area contributed by atoms with Crippen LogP contribution >= 0.6 is 0 Å². The lowest BCUT2D eigenvalue weighted by Crippen LogP contribution is -2.46. The van der Waals surface area contributed by atoms with Crippen LogP contribution < -0.4 is 10.1 Å². The van der Waals surface area contributed by atoms with Gasteiger partial charge in [0.2, 0.25) is 0 Å². The lowest BCUT2D eigenvalue weighted by atomic mass is 9.94. The van der Waals surface area contributed by atoms with Crippen LogP contribution in [0.5, 0.6) is 5.75 Å². The van der Waals surface area contributed by atoms with Gasteiger partial charge in [0.15, 0.2) is 0 Å². The minimum atomic E-state index is -0.571. The second kappa shape index (κ2) is 6.39. The summed E-state index contributed by atoms with van der Waals surface area (Å²) in [5.41, 5.74) is 0.667. The molecule has 2 atom stereocenters. The first kappa shape index (κ1) is 17.3. The highest BCUT2D eigenvalue weighted by Gasteiger charge is 2.45. The molecule has 132 valence electrons. The number of ether oxygens (including phenoxy) is 2. The van der Waals surface area contributed by atoms with Crippen molar-refractivity contribution in [3.05, 3.63) is 30.5 Å². The second-order valence-corrected chi connectivity index (χ2v) is 7.79. The highest BCUT2D eigenvalue weighted by atomic mass is 16.5. The van der Waals surface area contributed by atoms with Crippen molar-refractivity contribution in [3.63, 3.8) is 0 Å². The Kier molecular flexibility index (Phi) is 4.60. The summed E-state index contributed by atoms with van der Waals surface area (Å²) in [6, 6.07) is 8.07. The van der Waals surface area contributed by atoms with Crippen LogP contribution in [0.1, 0.15) is 34.1 Å². The number of aliphatic hydroxyl groups excluding tert-OH is 1. The van der Waals surface area contributed by atoms with Gasteiger partial charge in [0, 0.05) is 29.7 Å². The van der Waals surface area contributed by atoms with E-state index < -0.39 is 6.10 Å². The molecule has 2 heterocycles. The number of H-pyrrole nitrogens is 1. The van der Waals surface area contributed by atoms with Gasteiger partial charge in [-0.15, -0.1) is 0 Å². The lowest BCUT2D eigenvalue weighted by molar-refractivity contribution is -0.0703. The van der Waals surface area contributed by atoms with Gasteiger partial charge in [-0.1, -0.05) is 6.07 Å². The van der Waals surface area contributed by atoms with Gasteiger partial charge in [0.25, 0.3) is 0 Å². The van der Waals surface area contributed by atoms with E-state index in [1.807, 2.05) is 30.5 Å². The Bertz CT molecular complexity index is 693. The summed E-state index contributed by atoms with van der Waals surface area (Å²) in [6.07, 6.45) is 2.24. The van der Waals surface area contributed by atoms with Crippen molar-refractivity contribution in [3.8, 4) is 5.75 Å². The SMILES string of the molecule is CC1(C)C[C@H](NC[C@H](O)COc2cccc3[nH]ccc23)C(C)(C)O1. The maximum absolute atomic E-state index is 10.3. The maximum atomic E-state index is 10.3. The number of aromatic amines is 1. The normalized spacial score (nSPS) is 23.5. The molecule has 5 heteroatoms. The zero-order valence-electron chi connectivity index (χ0n) is 14.9. The molecule has 1 aromatic heterocycles. The van der Waals surface area contributed by atoms with Crippen molar-refractivity contribution in [2.24, 2.45) is 0 Å². The number of fused-ring (bicyclic) bond motifs is 1. The Morgan fingerprint density at radius 1 is 1.33 bits per heavy atom. The van der Waals surface area contributed by atoms with Crippen LogP contribution in [-0.4, -0.2) is 46.6 Å². The Morgan fingerprint density at radius 3 is 2.83 bits per heavy atom. The maximum Gasteiger partial charge on any atom is 0.128 e. The van der Waals surface area contributed by atoms with Crippen molar-refractivity contribution in [2.75, 3.05) is 13.2 Å². The number of hydrogen-bond donors (Lipinski definition) is 3. The minimum absolute atomic E-state index is 0.132. The van der Waals surface area contributed by atoms with E-state index in [9.17, 15) is 5.11 Å². The van der Waals surface area contributed by atoms with Crippen LogP contribution in [0, 0.1) is 0 Å². The average molecular weight is 332 g/mol. The molecule has 0 unspecified atom stereocenters. The number of nitrogens with one attached hydrogen (secondary N) is 2. The second-order valence-electron chi connectivity index (χ2n) is 7.79. The van der Waals surface area contributed by atoms with Gasteiger partial charge in [-0.2, -0.15) is 0 Å². The van der Waals surface area contributed by atoms with Gasteiger partial charge in [0.1, 0.15) is 18.5 Å². The molecule has 3 N–H and O–H groups in total. The van der Waals surface area contributed by atoms with E-state index in [-0.39, 0.29) is 23.9 Å². The quantitative estimate of drug-likeness (QED) is 0.761. The number of rotatable bonds is 6. The average Bonchev–Trinajstić information content (AvgIpc) is 3.04. The summed E-state index contributed by atoms with van der Waals surface area (Å²) in [6.45, 7) is 9.14. The fourth-order valence-corrected chi connectivity index (χ4v) is 3.59. The number of aromatic nitrogens is 1. The smallest absolute Gasteiger partial charge is 0.128 e. The van der Waals surface area contributed by atoms with Crippen molar-refractivity contribution >= 4 is 10.9 Å². The van der Waals surface area contributed by atoms with Gasteiger partial charge in [-0.25, -0.2) is 0 Å². The van der Waals surface area contributed by atoms with E-state index in [0.717, 1.165) is 23.1 Å². The molecule has 2 aromatic rings. The molecule has 5 nitrogen and oxygen atoms in total. The highest BCUT2D eigenvalue weighted by Crippen LogP contribution is 2.37. The van der Waals surface area contributed by atoms with Crippen molar-refractivity contribution < 1.29 is 14.6 Å². The van der Waals surface area contributed by atoms with Gasteiger partial charge < -0.3 is 24.9 Å². The van der Waals surface area contributed by atoms with Crippen LogP contribution in [0.25, 0.3) is 10.9 Å². The molecule has 1 aromatic carbocycles. The Balaban J connectivity index is 1.51. The molecule has 1 fully saturated rings. The first-order valence-corrected chi connectivity index (χ1v) is 8.57. The van der Waals surface area contributed by atoms with Crippen molar-refractivity contribution in [1.29, 1.82) is 0 Å². The van der Waals surface area contributed by atoms with E-state index >= 15 is 0 Å². The fraction of sp³-hybridized carbons (Fsp3) is 0.579. The third-order valence-electron chi connectivity index (χ3n) is 4.66. The molecule has 0 aliphatic carbocycles. The van der Waals surface area contributed by atoms with Crippen LogP contribution in [0.3, 0.4) is 0 Å². The molecular weight excluding hydrogens is 304 g/mol. The van der Waals surface area contributed by atoms with Gasteiger partial charge >= 0.3 is 0 Å². The molecule has 0 radical (unpaired) electrons. The Morgan fingerprint density at radius 2 is 2.12 bits per heavy atom. The summed E-state index contributed by atoms with van der Waals surface area (Å²) in [5, 5.41) is 14.7. The molecule has 1 aliphatic heterocycles. The van der Waals surface area contributed by atoms with Crippen molar-refractivity contribution in [1.82, 2.24) is 10.3 Å². The number of aliphatic hydroxyl groups is 1. The zero-order chi connectivity index (χ0) is 17.4. The van der Waals surface area contributed by atoms with Gasteiger partial charge in [0.05, 0.1) is 11.2 Å². The first-order chi connectivity index (χ1) is 11.3. The summed E-state index contributed by atoms with van der Waals surface area (Å²) in [4.78, 5) is 3.16. The molecule has 1 aliphatic rings. The molecular formula is C19H28N2O3. The molecule has 0 saturated carbocycles.